The number of halogens is 4. The molecule has 8 heteroatoms. The summed E-state index contributed by atoms with van der Waals surface area (Å²) in [4.78, 5) is 4.38. The number of aromatic nitrogens is 3. The van der Waals surface area contributed by atoms with Gasteiger partial charge in [0.05, 0.1) is 4.88 Å². The van der Waals surface area contributed by atoms with Crippen LogP contribution in [0.3, 0.4) is 0 Å². The average molecular weight is 304 g/mol. The maximum Gasteiger partial charge on any atom is 0.433 e. The van der Waals surface area contributed by atoms with Gasteiger partial charge in [-0.3, -0.25) is 0 Å². The second kappa shape index (κ2) is 4.21. The van der Waals surface area contributed by atoms with E-state index in [9.17, 15) is 13.2 Å². The molecule has 0 saturated heterocycles. The maximum atomic E-state index is 12.6. The van der Waals surface area contributed by atoms with Crippen LogP contribution >= 0.6 is 22.9 Å². The Bertz CT molecular complexity index is 734. The first-order valence-electron chi connectivity index (χ1n) is 5.12. The third kappa shape index (κ3) is 2.19. The Hall–Kier alpha value is -1.60. The molecular weight excluding hydrogens is 299 g/mol. The first-order chi connectivity index (χ1) is 8.95. The Morgan fingerprint density at radius 2 is 2.05 bits per heavy atom. The molecule has 0 aliphatic carbocycles. The normalized spacial score (nSPS) is 12.2. The molecular formula is C11H5ClF3N3S. The highest BCUT2D eigenvalue weighted by molar-refractivity contribution is 7.13. The lowest BCUT2D eigenvalue weighted by atomic mass is 10.3. The first kappa shape index (κ1) is 12.4. The molecule has 0 aliphatic rings. The lowest BCUT2D eigenvalue weighted by Crippen LogP contribution is -2.09. The monoisotopic (exact) mass is 303 g/mol. The highest BCUT2D eigenvalue weighted by atomic mass is 35.5. The van der Waals surface area contributed by atoms with Crippen molar-refractivity contribution in [2.45, 2.75) is 6.18 Å². The van der Waals surface area contributed by atoms with Crippen LogP contribution in [0.5, 0.6) is 0 Å². The number of hydrogen-bond acceptors (Lipinski definition) is 3. The summed E-state index contributed by atoms with van der Waals surface area (Å²) < 4.78 is 39.1. The summed E-state index contributed by atoms with van der Waals surface area (Å²) in [5.74, 6) is 0. The molecule has 0 saturated carbocycles. The van der Waals surface area contributed by atoms with E-state index in [2.05, 4.69) is 10.1 Å². The molecule has 0 fully saturated rings. The topological polar surface area (TPSA) is 30.2 Å². The maximum absolute atomic E-state index is 12.6. The molecule has 0 amide bonds. The molecule has 3 nitrogen and oxygen atoms in total. The molecule has 98 valence electrons. The predicted molar refractivity (Wildman–Crippen MR) is 66.3 cm³/mol. The van der Waals surface area contributed by atoms with E-state index in [0.717, 1.165) is 10.9 Å². The van der Waals surface area contributed by atoms with E-state index in [-0.39, 0.29) is 10.8 Å². The summed E-state index contributed by atoms with van der Waals surface area (Å²) in [6, 6.07) is 5.90. The van der Waals surface area contributed by atoms with Crippen molar-refractivity contribution in [3.05, 3.63) is 40.5 Å². The van der Waals surface area contributed by atoms with Crippen molar-refractivity contribution in [3.8, 4) is 10.6 Å². The van der Waals surface area contributed by atoms with Gasteiger partial charge in [-0.2, -0.15) is 18.3 Å². The van der Waals surface area contributed by atoms with Crippen molar-refractivity contribution >= 4 is 28.6 Å². The van der Waals surface area contributed by atoms with E-state index >= 15 is 0 Å². The van der Waals surface area contributed by atoms with Crippen LogP contribution in [0.4, 0.5) is 13.2 Å². The Kier molecular flexibility index (Phi) is 2.75. The summed E-state index contributed by atoms with van der Waals surface area (Å²) in [6.45, 7) is 0. The van der Waals surface area contributed by atoms with Gasteiger partial charge in [-0.1, -0.05) is 17.7 Å². The summed E-state index contributed by atoms with van der Waals surface area (Å²) in [5, 5.41) is 5.87. The summed E-state index contributed by atoms with van der Waals surface area (Å²) >= 11 is 7.24. The fraction of sp³-hybridized carbons (Fsp3) is 0.0909. The fourth-order valence-electron chi connectivity index (χ4n) is 1.63. The van der Waals surface area contributed by atoms with Crippen LogP contribution in [-0.2, 0) is 6.18 Å². The number of rotatable bonds is 1. The second-order valence-corrected chi connectivity index (χ2v) is 5.07. The van der Waals surface area contributed by atoms with Gasteiger partial charge in [0.25, 0.3) is 0 Å². The smallest absolute Gasteiger partial charge is 0.224 e. The Morgan fingerprint density at radius 1 is 1.26 bits per heavy atom. The third-order valence-corrected chi connectivity index (χ3v) is 3.61. The first-order valence-corrected chi connectivity index (χ1v) is 6.38. The molecule has 3 rings (SSSR count). The average Bonchev–Trinajstić information content (AvgIpc) is 2.95. The van der Waals surface area contributed by atoms with Gasteiger partial charge >= 0.3 is 6.18 Å². The van der Waals surface area contributed by atoms with E-state index in [1.807, 2.05) is 17.5 Å². The minimum absolute atomic E-state index is 0.0724. The number of hydrogen-bond donors (Lipinski definition) is 0. The molecule has 0 radical (unpaired) electrons. The number of nitrogens with zero attached hydrogens (tertiary/aromatic N) is 3. The van der Waals surface area contributed by atoms with Crippen molar-refractivity contribution < 1.29 is 13.2 Å². The highest BCUT2D eigenvalue weighted by Gasteiger charge is 2.33. The molecule has 3 aromatic heterocycles. The SMILES string of the molecule is FC(F)(F)c1cc(Cl)n2nc(-c3cccs3)cc2n1. The van der Waals surface area contributed by atoms with Crippen molar-refractivity contribution in [3.63, 3.8) is 0 Å². The molecule has 0 unspecified atom stereocenters. The van der Waals surface area contributed by atoms with Crippen molar-refractivity contribution in [2.24, 2.45) is 0 Å². The van der Waals surface area contributed by atoms with Crippen LogP contribution in [0.2, 0.25) is 5.15 Å². The molecule has 0 bridgehead atoms. The molecule has 0 spiro atoms. The van der Waals surface area contributed by atoms with Gasteiger partial charge in [0.1, 0.15) is 16.5 Å². The van der Waals surface area contributed by atoms with Gasteiger partial charge in [-0.05, 0) is 11.4 Å². The van der Waals surface area contributed by atoms with Crippen LogP contribution in [0.1, 0.15) is 5.69 Å². The largest absolute Gasteiger partial charge is 0.433 e. The highest BCUT2D eigenvalue weighted by Crippen LogP contribution is 2.31. The zero-order chi connectivity index (χ0) is 13.6. The zero-order valence-electron chi connectivity index (χ0n) is 9.15. The van der Waals surface area contributed by atoms with Crippen molar-refractivity contribution in [2.75, 3.05) is 0 Å². The van der Waals surface area contributed by atoms with E-state index < -0.39 is 11.9 Å². The lowest BCUT2D eigenvalue weighted by Gasteiger charge is -2.06. The van der Waals surface area contributed by atoms with Gasteiger partial charge in [0, 0.05) is 12.1 Å². The summed E-state index contributed by atoms with van der Waals surface area (Å²) in [5.41, 5.74) is -0.408. The molecule has 3 heterocycles. The van der Waals surface area contributed by atoms with Gasteiger partial charge in [-0.25, -0.2) is 9.50 Å². The van der Waals surface area contributed by atoms with E-state index in [4.69, 9.17) is 11.6 Å². The lowest BCUT2D eigenvalue weighted by molar-refractivity contribution is -0.141. The van der Waals surface area contributed by atoms with Crippen molar-refractivity contribution in [1.29, 1.82) is 0 Å². The van der Waals surface area contributed by atoms with E-state index in [1.54, 1.807) is 0 Å². The molecule has 0 aliphatic heterocycles. The van der Waals surface area contributed by atoms with Crippen LogP contribution in [-0.4, -0.2) is 14.6 Å². The molecule has 0 aromatic carbocycles. The standard InChI is InChI=1S/C11H5ClF3N3S/c12-9-5-8(11(13,14)15)16-10-4-6(17-18(9)10)7-2-1-3-19-7/h1-5H. The van der Waals surface area contributed by atoms with Crippen LogP contribution in [0.25, 0.3) is 16.2 Å². The fourth-order valence-corrected chi connectivity index (χ4v) is 2.54. The Labute approximate surface area is 114 Å². The van der Waals surface area contributed by atoms with Crippen LogP contribution in [0, 0.1) is 0 Å². The minimum Gasteiger partial charge on any atom is -0.224 e. The van der Waals surface area contributed by atoms with Crippen molar-refractivity contribution in [1.82, 2.24) is 14.6 Å². The quantitative estimate of drug-likeness (QED) is 0.633. The van der Waals surface area contributed by atoms with E-state index in [1.165, 1.54) is 21.9 Å². The number of alkyl halides is 3. The van der Waals surface area contributed by atoms with Crippen LogP contribution < -0.4 is 0 Å². The summed E-state index contributed by atoms with van der Waals surface area (Å²) in [6.07, 6.45) is -4.53. The predicted octanol–water partition coefficient (Wildman–Crippen LogP) is 4.13. The Balaban J connectivity index is 2.21. The third-order valence-electron chi connectivity index (χ3n) is 2.45. The van der Waals surface area contributed by atoms with Gasteiger partial charge < -0.3 is 0 Å². The van der Waals surface area contributed by atoms with Gasteiger partial charge in [-0.15, -0.1) is 11.3 Å². The van der Waals surface area contributed by atoms with Gasteiger partial charge in [0.2, 0.25) is 0 Å². The molecule has 0 atom stereocenters. The summed E-state index contributed by atoms with van der Waals surface area (Å²) in [7, 11) is 0. The molecule has 3 aromatic rings. The number of fused-ring (bicyclic) bond motifs is 1. The zero-order valence-corrected chi connectivity index (χ0v) is 10.7. The van der Waals surface area contributed by atoms with E-state index in [0.29, 0.717) is 5.69 Å². The Morgan fingerprint density at radius 3 is 2.68 bits per heavy atom. The molecule has 0 N–H and O–H groups in total. The second-order valence-electron chi connectivity index (χ2n) is 3.74. The number of thiophene rings is 1. The minimum atomic E-state index is -4.53. The van der Waals surface area contributed by atoms with Gasteiger partial charge in [0.15, 0.2) is 5.65 Å². The van der Waals surface area contributed by atoms with Crippen LogP contribution in [0.15, 0.2) is 29.6 Å². The molecule has 19 heavy (non-hydrogen) atoms.